The first-order valence-electron chi connectivity index (χ1n) is 7.15. The van der Waals surface area contributed by atoms with Crippen molar-refractivity contribution >= 4 is 46.2 Å². The molecule has 2 aromatic rings. The maximum Gasteiger partial charge on any atom is 0.416 e. The summed E-state index contributed by atoms with van der Waals surface area (Å²) in [6.45, 7) is 0. The summed E-state index contributed by atoms with van der Waals surface area (Å²) in [6.07, 6.45) is -3.22. The van der Waals surface area contributed by atoms with Gasteiger partial charge in [0.05, 0.1) is 21.2 Å². The lowest BCUT2D eigenvalue weighted by Crippen LogP contribution is -2.19. The highest BCUT2D eigenvalue weighted by Gasteiger charge is 2.30. The van der Waals surface area contributed by atoms with Crippen molar-refractivity contribution in [1.82, 2.24) is 5.32 Å². The third-order valence-corrected chi connectivity index (χ3v) is 4.57. The van der Waals surface area contributed by atoms with E-state index < -0.39 is 23.5 Å². The molecule has 0 aliphatic carbocycles. The quantitative estimate of drug-likeness (QED) is 0.542. The number of hydrogen-bond acceptors (Lipinski definition) is 3. The van der Waals surface area contributed by atoms with Crippen LogP contribution >= 0.6 is 23.4 Å². The zero-order chi connectivity index (χ0) is 18.9. The van der Waals surface area contributed by atoms with E-state index in [-0.39, 0.29) is 26.3 Å². The summed E-state index contributed by atoms with van der Waals surface area (Å²) >= 11 is 6.80. The average Bonchev–Trinajstić information content (AvgIpc) is 2.90. The number of thioether (sulfide) groups is 1. The first kappa shape index (κ1) is 18.5. The Kier molecular flexibility index (Phi) is 5.06. The van der Waals surface area contributed by atoms with Gasteiger partial charge in [-0.05, 0) is 48.2 Å². The van der Waals surface area contributed by atoms with Gasteiger partial charge in [0.1, 0.15) is 5.82 Å². The van der Waals surface area contributed by atoms with E-state index in [2.05, 4.69) is 10.3 Å². The van der Waals surface area contributed by atoms with Crippen LogP contribution in [0.1, 0.15) is 11.1 Å². The molecule has 1 amide bonds. The van der Waals surface area contributed by atoms with Crippen molar-refractivity contribution in [2.24, 2.45) is 4.99 Å². The number of nitrogens with zero attached hydrogens (tertiary/aromatic N) is 1. The Bertz CT molecular complexity index is 920. The molecule has 2 aromatic carbocycles. The van der Waals surface area contributed by atoms with E-state index in [1.807, 2.05) is 0 Å². The van der Waals surface area contributed by atoms with Crippen molar-refractivity contribution < 1.29 is 22.4 Å². The van der Waals surface area contributed by atoms with E-state index in [1.165, 1.54) is 36.4 Å². The van der Waals surface area contributed by atoms with Crippen LogP contribution in [0.25, 0.3) is 6.08 Å². The Morgan fingerprint density at radius 1 is 1.15 bits per heavy atom. The molecular weight excluding hydrogens is 392 g/mol. The number of rotatable bonds is 2. The molecule has 0 unspecified atom stereocenters. The van der Waals surface area contributed by atoms with Gasteiger partial charge in [-0.15, -0.1) is 0 Å². The van der Waals surface area contributed by atoms with Crippen molar-refractivity contribution in [3.63, 3.8) is 0 Å². The molecule has 0 radical (unpaired) electrons. The molecule has 0 saturated carbocycles. The van der Waals surface area contributed by atoms with E-state index in [0.29, 0.717) is 0 Å². The fourth-order valence-electron chi connectivity index (χ4n) is 2.13. The molecular formula is C17H9ClF4N2OS. The molecule has 1 heterocycles. The Morgan fingerprint density at radius 3 is 2.58 bits per heavy atom. The molecule has 134 valence electrons. The maximum atomic E-state index is 13.8. The van der Waals surface area contributed by atoms with Crippen LogP contribution in [-0.4, -0.2) is 11.1 Å². The number of carbonyl (C=O) groups is 1. The summed E-state index contributed by atoms with van der Waals surface area (Å²) in [4.78, 5) is 16.1. The Morgan fingerprint density at radius 2 is 1.88 bits per heavy atom. The molecule has 3 rings (SSSR count). The molecule has 0 aromatic heterocycles. The molecule has 26 heavy (non-hydrogen) atoms. The second-order valence-corrected chi connectivity index (χ2v) is 6.60. The van der Waals surface area contributed by atoms with Gasteiger partial charge in [0.2, 0.25) is 0 Å². The van der Waals surface area contributed by atoms with E-state index in [0.717, 1.165) is 23.9 Å². The van der Waals surface area contributed by atoms with Gasteiger partial charge in [-0.3, -0.25) is 4.79 Å². The van der Waals surface area contributed by atoms with Gasteiger partial charge < -0.3 is 5.32 Å². The molecule has 1 N–H and O–H groups in total. The van der Waals surface area contributed by atoms with E-state index in [1.54, 1.807) is 0 Å². The highest BCUT2D eigenvalue weighted by Crippen LogP contribution is 2.33. The van der Waals surface area contributed by atoms with Crippen LogP contribution in [0, 0.1) is 5.82 Å². The van der Waals surface area contributed by atoms with Gasteiger partial charge in [-0.1, -0.05) is 23.7 Å². The number of aliphatic imine (C=N–C) groups is 1. The number of halogens is 5. The summed E-state index contributed by atoms with van der Waals surface area (Å²) in [7, 11) is 0. The average molecular weight is 401 g/mol. The molecule has 9 heteroatoms. The molecule has 0 spiro atoms. The number of nitrogens with one attached hydrogen (secondary N) is 1. The molecule has 1 fully saturated rings. The first-order valence-corrected chi connectivity index (χ1v) is 8.34. The van der Waals surface area contributed by atoms with Crippen LogP contribution in [0.5, 0.6) is 0 Å². The fraction of sp³-hybridized carbons (Fsp3) is 0.0588. The third-order valence-electron chi connectivity index (χ3n) is 3.33. The largest absolute Gasteiger partial charge is 0.416 e. The monoisotopic (exact) mass is 400 g/mol. The lowest BCUT2D eigenvalue weighted by molar-refractivity contribution is -0.137. The van der Waals surface area contributed by atoms with Crippen LogP contribution in [0.15, 0.2) is 52.4 Å². The molecule has 1 saturated heterocycles. The summed E-state index contributed by atoms with van der Waals surface area (Å²) < 4.78 is 52.1. The molecule has 1 aliphatic heterocycles. The first-order chi connectivity index (χ1) is 12.2. The minimum absolute atomic E-state index is 0.0350. The van der Waals surface area contributed by atoms with Crippen molar-refractivity contribution in [3.8, 4) is 0 Å². The van der Waals surface area contributed by atoms with Crippen molar-refractivity contribution in [3.05, 3.63) is 69.3 Å². The maximum absolute atomic E-state index is 13.8. The van der Waals surface area contributed by atoms with Crippen LogP contribution in [0.3, 0.4) is 0 Å². The summed E-state index contributed by atoms with van der Waals surface area (Å²) in [5.74, 6) is -1.14. The van der Waals surface area contributed by atoms with Crippen LogP contribution in [-0.2, 0) is 11.0 Å². The SMILES string of the molecule is O=C1NC(=Nc2cccc(C(F)(F)F)c2)S/C1=C/c1c(F)cccc1Cl. The number of carbonyl (C=O) groups excluding carboxylic acids is 1. The molecule has 3 nitrogen and oxygen atoms in total. The Balaban J connectivity index is 1.88. The predicted octanol–water partition coefficient (Wildman–Crippen LogP) is 5.39. The highest BCUT2D eigenvalue weighted by atomic mass is 35.5. The normalized spacial score (nSPS) is 17.8. The van der Waals surface area contributed by atoms with Crippen LogP contribution < -0.4 is 5.32 Å². The van der Waals surface area contributed by atoms with E-state index in [4.69, 9.17) is 11.6 Å². The third kappa shape index (κ3) is 4.08. The summed E-state index contributed by atoms with van der Waals surface area (Å²) in [6, 6.07) is 8.51. The molecule has 1 aliphatic rings. The number of amidine groups is 1. The number of benzene rings is 2. The van der Waals surface area contributed by atoms with Crippen molar-refractivity contribution in [1.29, 1.82) is 0 Å². The Hall–Kier alpha value is -2.32. The fourth-order valence-corrected chi connectivity index (χ4v) is 3.17. The van der Waals surface area contributed by atoms with Gasteiger partial charge in [-0.2, -0.15) is 13.2 Å². The zero-order valence-corrected chi connectivity index (χ0v) is 14.3. The van der Waals surface area contributed by atoms with Crippen LogP contribution in [0.2, 0.25) is 5.02 Å². The van der Waals surface area contributed by atoms with Crippen LogP contribution in [0.4, 0.5) is 23.2 Å². The lowest BCUT2D eigenvalue weighted by Gasteiger charge is -2.06. The second-order valence-electron chi connectivity index (χ2n) is 5.17. The van der Waals surface area contributed by atoms with E-state index in [9.17, 15) is 22.4 Å². The van der Waals surface area contributed by atoms with Crippen molar-refractivity contribution in [2.75, 3.05) is 0 Å². The summed E-state index contributed by atoms with van der Waals surface area (Å²) in [5, 5.41) is 2.65. The van der Waals surface area contributed by atoms with Gasteiger partial charge in [0, 0.05) is 5.56 Å². The highest BCUT2D eigenvalue weighted by molar-refractivity contribution is 8.18. The smallest absolute Gasteiger partial charge is 0.300 e. The Labute approximate surface area is 154 Å². The molecule has 0 atom stereocenters. The van der Waals surface area contributed by atoms with Gasteiger partial charge >= 0.3 is 6.18 Å². The zero-order valence-electron chi connectivity index (χ0n) is 12.8. The number of alkyl halides is 3. The number of amides is 1. The predicted molar refractivity (Wildman–Crippen MR) is 93.7 cm³/mol. The number of hydrogen-bond donors (Lipinski definition) is 1. The lowest BCUT2D eigenvalue weighted by atomic mass is 10.2. The van der Waals surface area contributed by atoms with E-state index >= 15 is 0 Å². The topological polar surface area (TPSA) is 41.5 Å². The van der Waals surface area contributed by atoms with Crippen molar-refractivity contribution in [2.45, 2.75) is 6.18 Å². The van der Waals surface area contributed by atoms with Gasteiger partial charge in [-0.25, -0.2) is 9.38 Å². The minimum atomic E-state index is -4.49. The van der Waals surface area contributed by atoms with Gasteiger partial charge in [0.25, 0.3) is 5.91 Å². The minimum Gasteiger partial charge on any atom is -0.300 e. The summed E-state index contributed by atoms with van der Waals surface area (Å²) in [5.41, 5.74) is -0.762. The second kappa shape index (κ2) is 7.13. The molecule has 0 bridgehead atoms. The standard InChI is InChI=1S/C17H9ClF4N2OS/c18-12-5-2-6-13(19)11(12)8-14-15(25)24-16(26-14)23-10-4-1-3-9(7-10)17(20,21)22/h1-8H,(H,23,24,25)/b14-8+. The van der Waals surface area contributed by atoms with Gasteiger partial charge in [0.15, 0.2) is 5.17 Å².